The average molecular weight is 337 g/mol. The van der Waals surface area contributed by atoms with E-state index in [-0.39, 0.29) is 11.9 Å². The number of hydrogen-bond donors (Lipinski definition) is 1. The maximum atomic E-state index is 11.8. The fraction of sp³-hybridized carbons (Fsp3) is 0.318. The molecule has 1 unspecified atom stereocenters. The molecule has 1 N–H and O–H groups in total. The van der Waals surface area contributed by atoms with Crippen molar-refractivity contribution in [2.75, 3.05) is 6.61 Å². The summed E-state index contributed by atoms with van der Waals surface area (Å²) in [5.41, 5.74) is 4.55. The number of allylic oxidation sites excluding steroid dienone is 1. The maximum absolute atomic E-state index is 11.8. The van der Waals surface area contributed by atoms with E-state index in [0.29, 0.717) is 6.61 Å². The van der Waals surface area contributed by atoms with Gasteiger partial charge in [-0.1, -0.05) is 42.0 Å². The van der Waals surface area contributed by atoms with E-state index in [0.717, 1.165) is 17.7 Å². The van der Waals surface area contributed by atoms with Gasteiger partial charge in [0.25, 0.3) is 0 Å². The van der Waals surface area contributed by atoms with Crippen LogP contribution in [-0.4, -0.2) is 18.6 Å². The molecule has 0 aromatic heterocycles. The normalized spacial score (nSPS) is 11.5. The number of ether oxygens (including phenoxy) is 1. The Hall–Kier alpha value is -2.55. The third kappa shape index (κ3) is 6.11. The molecular weight excluding hydrogens is 310 g/mol. The second-order valence-corrected chi connectivity index (χ2v) is 6.49. The van der Waals surface area contributed by atoms with Crippen molar-refractivity contribution < 1.29 is 9.53 Å². The molecule has 25 heavy (non-hydrogen) atoms. The second kappa shape index (κ2) is 9.07. The minimum Gasteiger partial charge on any atom is -0.494 e. The van der Waals surface area contributed by atoms with Crippen LogP contribution in [0.2, 0.25) is 0 Å². The molecular formula is C22H27NO2. The molecule has 0 bridgehead atoms. The molecule has 3 heteroatoms. The van der Waals surface area contributed by atoms with Crippen LogP contribution in [-0.2, 0) is 11.2 Å². The Morgan fingerprint density at radius 1 is 1.04 bits per heavy atom. The number of carbonyl (C=O) groups is 1. The van der Waals surface area contributed by atoms with Crippen molar-refractivity contribution in [1.29, 1.82) is 0 Å². The van der Waals surface area contributed by atoms with Gasteiger partial charge in [0.2, 0.25) is 5.91 Å². The number of nitrogens with one attached hydrogen (secondary N) is 1. The molecule has 0 heterocycles. The van der Waals surface area contributed by atoms with Gasteiger partial charge in [-0.05, 0) is 62.9 Å². The third-order valence-corrected chi connectivity index (χ3v) is 3.80. The molecule has 0 aliphatic rings. The molecule has 0 saturated heterocycles. The van der Waals surface area contributed by atoms with Gasteiger partial charge < -0.3 is 10.1 Å². The highest BCUT2D eigenvalue weighted by atomic mass is 16.5. The smallest absolute Gasteiger partial charge is 0.244 e. The predicted octanol–water partition coefficient (Wildman–Crippen LogP) is 4.77. The SMILES string of the molecule is CCOc1ccc(-c2ccc(CC(C)NC(=O)C=C(C)C)cc2)cc1. The second-order valence-electron chi connectivity index (χ2n) is 6.49. The van der Waals surface area contributed by atoms with Crippen LogP contribution in [0.25, 0.3) is 11.1 Å². The molecule has 0 saturated carbocycles. The molecule has 1 amide bonds. The monoisotopic (exact) mass is 337 g/mol. The van der Waals surface area contributed by atoms with Gasteiger partial charge in [0, 0.05) is 12.1 Å². The van der Waals surface area contributed by atoms with Crippen molar-refractivity contribution >= 4 is 5.91 Å². The van der Waals surface area contributed by atoms with Crippen LogP contribution in [0.3, 0.4) is 0 Å². The molecule has 0 aliphatic carbocycles. The highest BCUT2D eigenvalue weighted by molar-refractivity contribution is 5.88. The fourth-order valence-corrected chi connectivity index (χ4v) is 2.69. The van der Waals surface area contributed by atoms with Crippen LogP contribution < -0.4 is 10.1 Å². The topological polar surface area (TPSA) is 38.3 Å². The van der Waals surface area contributed by atoms with E-state index in [1.54, 1.807) is 6.08 Å². The molecule has 0 spiro atoms. The Labute approximate surface area is 150 Å². The van der Waals surface area contributed by atoms with Crippen molar-refractivity contribution in [1.82, 2.24) is 5.32 Å². The van der Waals surface area contributed by atoms with Crippen LogP contribution in [0.15, 0.2) is 60.2 Å². The average Bonchev–Trinajstić information content (AvgIpc) is 2.55. The largest absolute Gasteiger partial charge is 0.494 e. The van der Waals surface area contributed by atoms with E-state index < -0.39 is 0 Å². The van der Waals surface area contributed by atoms with E-state index in [2.05, 4.69) is 41.7 Å². The zero-order valence-electron chi connectivity index (χ0n) is 15.5. The van der Waals surface area contributed by atoms with Crippen LogP contribution in [0, 0.1) is 0 Å². The first-order chi connectivity index (χ1) is 12.0. The first-order valence-corrected chi connectivity index (χ1v) is 8.75. The maximum Gasteiger partial charge on any atom is 0.244 e. The summed E-state index contributed by atoms with van der Waals surface area (Å²) in [6.45, 7) is 8.52. The molecule has 3 nitrogen and oxygen atoms in total. The molecule has 132 valence electrons. The molecule has 0 aliphatic heterocycles. The van der Waals surface area contributed by atoms with Crippen LogP contribution >= 0.6 is 0 Å². The summed E-state index contributed by atoms with van der Waals surface area (Å²) < 4.78 is 5.48. The number of carbonyl (C=O) groups excluding carboxylic acids is 1. The minimum absolute atomic E-state index is 0.0292. The quantitative estimate of drug-likeness (QED) is 0.739. The lowest BCUT2D eigenvalue weighted by molar-refractivity contribution is -0.117. The van der Waals surface area contributed by atoms with Gasteiger partial charge in [-0.3, -0.25) is 4.79 Å². The van der Waals surface area contributed by atoms with Crippen molar-refractivity contribution in [3.8, 4) is 16.9 Å². The molecule has 2 aromatic carbocycles. The van der Waals surface area contributed by atoms with Gasteiger partial charge >= 0.3 is 0 Å². The Morgan fingerprint density at radius 3 is 2.12 bits per heavy atom. The third-order valence-electron chi connectivity index (χ3n) is 3.80. The highest BCUT2D eigenvalue weighted by Crippen LogP contribution is 2.23. The van der Waals surface area contributed by atoms with Crippen molar-refractivity contribution in [3.05, 3.63) is 65.7 Å². The Bertz CT molecular complexity index is 711. The van der Waals surface area contributed by atoms with Gasteiger partial charge in [-0.15, -0.1) is 0 Å². The van der Waals surface area contributed by atoms with E-state index in [4.69, 9.17) is 4.74 Å². The molecule has 2 rings (SSSR count). The Kier molecular flexibility index (Phi) is 6.81. The van der Waals surface area contributed by atoms with Gasteiger partial charge in [-0.2, -0.15) is 0 Å². The lowest BCUT2D eigenvalue weighted by atomic mass is 10.0. The van der Waals surface area contributed by atoms with Gasteiger partial charge in [-0.25, -0.2) is 0 Å². The number of rotatable bonds is 7. The zero-order chi connectivity index (χ0) is 18.2. The van der Waals surface area contributed by atoms with Crippen LogP contribution in [0.1, 0.15) is 33.3 Å². The summed E-state index contributed by atoms with van der Waals surface area (Å²) in [4.78, 5) is 11.8. The van der Waals surface area contributed by atoms with Crippen molar-refractivity contribution in [2.24, 2.45) is 0 Å². The zero-order valence-corrected chi connectivity index (χ0v) is 15.5. The van der Waals surface area contributed by atoms with E-state index in [1.165, 1.54) is 16.7 Å². The lowest BCUT2D eigenvalue weighted by Crippen LogP contribution is -2.32. The van der Waals surface area contributed by atoms with Gasteiger partial charge in [0.15, 0.2) is 0 Å². The van der Waals surface area contributed by atoms with E-state index >= 15 is 0 Å². The predicted molar refractivity (Wildman–Crippen MR) is 104 cm³/mol. The molecule has 0 fully saturated rings. The van der Waals surface area contributed by atoms with Gasteiger partial charge in [0.1, 0.15) is 5.75 Å². The first kappa shape index (κ1) is 18.8. The lowest BCUT2D eigenvalue weighted by Gasteiger charge is -2.13. The van der Waals surface area contributed by atoms with Crippen LogP contribution in [0.5, 0.6) is 5.75 Å². The molecule has 1 atom stereocenters. The molecule has 2 aromatic rings. The number of benzene rings is 2. The minimum atomic E-state index is -0.0292. The van der Waals surface area contributed by atoms with E-state index in [1.807, 2.05) is 39.8 Å². The summed E-state index contributed by atoms with van der Waals surface area (Å²) in [5, 5.41) is 2.99. The standard InChI is InChI=1S/C22H27NO2/c1-5-25-21-12-10-20(11-13-21)19-8-6-18(7-9-19)15-17(4)23-22(24)14-16(2)3/h6-14,17H,5,15H2,1-4H3,(H,23,24). The first-order valence-electron chi connectivity index (χ1n) is 8.75. The van der Waals surface area contributed by atoms with Crippen LogP contribution in [0.4, 0.5) is 0 Å². The summed E-state index contributed by atoms with van der Waals surface area (Å²) in [6.07, 6.45) is 2.44. The van der Waals surface area contributed by atoms with E-state index in [9.17, 15) is 4.79 Å². The Morgan fingerprint density at radius 2 is 1.60 bits per heavy atom. The molecule has 0 radical (unpaired) electrons. The van der Waals surface area contributed by atoms with Crippen molar-refractivity contribution in [2.45, 2.75) is 40.2 Å². The highest BCUT2D eigenvalue weighted by Gasteiger charge is 2.07. The summed E-state index contributed by atoms with van der Waals surface area (Å²) in [5.74, 6) is 0.863. The summed E-state index contributed by atoms with van der Waals surface area (Å²) in [7, 11) is 0. The fourth-order valence-electron chi connectivity index (χ4n) is 2.69. The van der Waals surface area contributed by atoms with Gasteiger partial charge in [0.05, 0.1) is 6.61 Å². The Balaban J connectivity index is 1.97. The summed E-state index contributed by atoms with van der Waals surface area (Å²) >= 11 is 0. The number of amides is 1. The number of hydrogen-bond acceptors (Lipinski definition) is 2. The summed E-state index contributed by atoms with van der Waals surface area (Å²) in [6, 6.07) is 16.7. The van der Waals surface area contributed by atoms with Crippen molar-refractivity contribution in [3.63, 3.8) is 0 Å².